The summed E-state index contributed by atoms with van der Waals surface area (Å²) in [6, 6.07) is 7.93. The molecule has 0 fully saturated rings. The number of carbonyl (C=O) groups is 1. The lowest BCUT2D eigenvalue weighted by molar-refractivity contribution is -0.142. The van der Waals surface area contributed by atoms with Crippen LogP contribution in [0.5, 0.6) is 17.2 Å². The van der Waals surface area contributed by atoms with Gasteiger partial charge in [-0.25, -0.2) is 4.39 Å². The quantitative estimate of drug-likeness (QED) is 0.790. The second-order valence-corrected chi connectivity index (χ2v) is 8.18. The summed E-state index contributed by atoms with van der Waals surface area (Å²) in [5.41, 5.74) is 0.606. The van der Waals surface area contributed by atoms with E-state index in [0.717, 1.165) is 5.56 Å². The lowest BCUT2D eigenvalue weighted by Gasteiger charge is -2.21. The number of fused-ring (bicyclic) bond motifs is 1. The minimum absolute atomic E-state index is 0.105. The third kappa shape index (κ3) is 3.77. The van der Waals surface area contributed by atoms with Crippen molar-refractivity contribution in [2.75, 3.05) is 7.11 Å². The fraction of sp³-hybridized carbons (Fsp3) is 0.409. The molecule has 1 heterocycles. The van der Waals surface area contributed by atoms with Gasteiger partial charge in [-0.1, -0.05) is 6.07 Å². The van der Waals surface area contributed by atoms with E-state index in [-0.39, 0.29) is 18.0 Å². The highest BCUT2D eigenvalue weighted by Gasteiger charge is 2.33. The van der Waals surface area contributed by atoms with Crippen molar-refractivity contribution in [3.63, 3.8) is 0 Å². The van der Waals surface area contributed by atoms with Crippen LogP contribution in [0.25, 0.3) is 0 Å². The van der Waals surface area contributed by atoms with E-state index in [9.17, 15) is 14.3 Å². The average Bonchev–Trinajstić information content (AvgIpc) is 2.93. The van der Waals surface area contributed by atoms with Gasteiger partial charge in [0.05, 0.1) is 12.5 Å². The van der Waals surface area contributed by atoms with Crippen LogP contribution in [0.1, 0.15) is 44.4 Å². The molecular weight excluding hydrogens is 363 g/mol. The van der Waals surface area contributed by atoms with Gasteiger partial charge >= 0.3 is 5.97 Å². The van der Waals surface area contributed by atoms with Crippen LogP contribution in [0.4, 0.5) is 4.39 Å². The predicted molar refractivity (Wildman–Crippen MR) is 103 cm³/mol. The second kappa shape index (κ2) is 7.00. The summed E-state index contributed by atoms with van der Waals surface area (Å²) < 4.78 is 31.2. The van der Waals surface area contributed by atoms with E-state index in [1.165, 1.54) is 19.2 Å². The minimum atomic E-state index is -1.06. The highest BCUT2D eigenvalue weighted by Crippen LogP contribution is 2.40. The molecule has 0 bridgehead atoms. The van der Waals surface area contributed by atoms with E-state index in [2.05, 4.69) is 0 Å². The number of halogens is 1. The zero-order valence-electron chi connectivity index (χ0n) is 16.8. The van der Waals surface area contributed by atoms with Crippen LogP contribution < -0.4 is 14.2 Å². The van der Waals surface area contributed by atoms with Crippen LogP contribution in [0, 0.1) is 5.82 Å². The number of hydrogen-bond acceptors (Lipinski definition) is 4. The molecule has 1 aliphatic heterocycles. The second-order valence-electron chi connectivity index (χ2n) is 8.18. The highest BCUT2D eigenvalue weighted by atomic mass is 19.1. The van der Waals surface area contributed by atoms with Crippen molar-refractivity contribution in [2.45, 2.75) is 51.7 Å². The molecule has 2 aromatic rings. The Kier molecular flexibility index (Phi) is 5.00. The maximum Gasteiger partial charge on any atom is 0.313 e. The van der Waals surface area contributed by atoms with Crippen LogP contribution in [0.3, 0.4) is 0 Å². The minimum Gasteiger partial charge on any atom is -0.493 e. The SMILES string of the molecule is COc1cc(C(C)(C)C(=O)O)ccc1OCc1cc(F)cc2c1OC(C)(C)C2. The fourth-order valence-electron chi connectivity index (χ4n) is 3.31. The Labute approximate surface area is 164 Å². The van der Waals surface area contributed by atoms with Gasteiger partial charge in [0.25, 0.3) is 0 Å². The van der Waals surface area contributed by atoms with E-state index in [1.54, 1.807) is 32.0 Å². The van der Waals surface area contributed by atoms with E-state index < -0.39 is 11.4 Å². The summed E-state index contributed by atoms with van der Waals surface area (Å²) in [6.07, 6.45) is 0.634. The largest absolute Gasteiger partial charge is 0.493 e. The molecule has 2 aromatic carbocycles. The molecule has 0 unspecified atom stereocenters. The molecule has 1 aliphatic rings. The van der Waals surface area contributed by atoms with Crippen molar-refractivity contribution in [2.24, 2.45) is 0 Å². The van der Waals surface area contributed by atoms with Crippen LogP contribution in [-0.4, -0.2) is 23.8 Å². The third-order valence-corrected chi connectivity index (χ3v) is 5.01. The summed E-state index contributed by atoms with van der Waals surface area (Å²) in [5.74, 6) is 0.264. The van der Waals surface area contributed by atoms with E-state index in [1.807, 2.05) is 13.8 Å². The van der Waals surface area contributed by atoms with Crippen molar-refractivity contribution in [3.05, 3.63) is 52.8 Å². The Hall–Kier alpha value is -2.76. The Bertz CT molecular complexity index is 917. The van der Waals surface area contributed by atoms with Gasteiger partial charge in [0.1, 0.15) is 23.8 Å². The van der Waals surface area contributed by atoms with Gasteiger partial charge in [0, 0.05) is 17.5 Å². The molecule has 1 N–H and O–H groups in total. The molecule has 0 saturated carbocycles. The lowest BCUT2D eigenvalue weighted by Crippen LogP contribution is -2.28. The fourth-order valence-corrected chi connectivity index (χ4v) is 3.31. The zero-order chi connectivity index (χ0) is 20.7. The van der Waals surface area contributed by atoms with Gasteiger partial charge in [-0.2, -0.15) is 0 Å². The monoisotopic (exact) mass is 388 g/mol. The first-order valence-corrected chi connectivity index (χ1v) is 9.08. The molecule has 5 nitrogen and oxygen atoms in total. The van der Waals surface area contributed by atoms with Crippen molar-refractivity contribution in [1.82, 2.24) is 0 Å². The first kappa shape index (κ1) is 20.0. The lowest BCUT2D eigenvalue weighted by atomic mass is 9.84. The molecule has 0 atom stereocenters. The Morgan fingerprint density at radius 3 is 2.61 bits per heavy atom. The number of aliphatic carboxylic acids is 1. The molecule has 3 rings (SSSR count). The number of carboxylic acid groups (broad SMARTS) is 1. The Morgan fingerprint density at radius 2 is 1.96 bits per heavy atom. The first-order valence-electron chi connectivity index (χ1n) is 9.08. The summed E-state index contributed by atoms with van der Waals surface area (Å²) >= 11 is 0. The van der Waals surface area contributed by atoms with E-state index >= 15 is 0 Å². The van der Waals surface area contributed by atoms with Gasteiger partial charge < -0.3 is 19.3 Å². The summed E-state index contributed by atoms with van der Waals surface area (Å²) in [7, 11) is 1.49. The normalized spacial score (nSPS) is 14.9. The molecule has 0 radical (unpaired) electrons. The van der Waals surface area contributed by atoms with Crippen LogP contribution in [0.15, 0.2) is 30.3 Å². The molecule has 0 aromatic heterocycles. The molecular formula is C22H25FO5. The van der Waals surface area contributed by atoms with Gasteiger partial charge in [-0.3, -0.25) is 4.79 Å². The topological polar surface area (TPSA) is 65.0 Å². The molecule has 0 saturated heterocycles. The van der Waals surface area contributed by atoms with Gasteiger partial charge in [-0.15, -0.1) is 0 Å². The maximum absolute atomic E-state index is 14.0. The molecule has 6 heteroatoms. The predicted octanol–water partition coefficient (Wildman–Crippen LogP) is 4.49. The van der Waals surface area contributed by atoms with Crippen LogP contribution >= 0.6 is 0 Å². The smallest absolute Gasteiger partial charge is 0.313 e. The number of benzene rings is 2. The van der Waals surface area contributed by atoms with Crippen LogP contribution in [0.2, 0.25) is 0 Å². The molecule has 0 spiro atoms. The Morgan fingerprint density at radius 1 is 1.25 bits per heavy atom. The Balaban J connectivity index is 1.86. The van der Waals surface area contributed by atoms with Gasteiger partial charge in [-0.05, 0) is 57.5 Å². The van der Waals surface area contributed by atoms with E-state index in [0.29, 0.717) is 34.8 Å². The maximum atomic E-state index is 14.0. The van der Waals surface area contributed by atoms with Gasteiger partial charge in [0.2, 0.25) is 0 Å². The summed E-state index contributed by atoms with van der Waals surface area (Å²) in [6.45, 7) is 7.27. The zero-order valence-corrected chi connectivity index (χ0v) is 16.8. The third-order valence-electron chi connectivity index (χ3n) is 5.01. The van der Waals surface area contributed by atoms with E-state index in [4.69, 9.17) is 14.2 Å². The number of methoxy groups -OCH3 is 1. The molecule has 28 heavy (non-hydrogen) atoms. The first-order chi connectivity index (χ1) is 13.0. The number of carboxylic acids is 1. The summed E-state index contributed by atoms with van der Waals surface area (Å²) in [5, 5.41) is 9.42. The standard InChI is InChI=1S/C22H25FO5/c1-21(2)11-13-8-16(23)9-14(19(13)28-21)12-27-17-7-6-15(10-18(17)26-5)22(3,4)20(24)25/h6-10H,11-12H2,1-5H3,(H,24,25). The number of ether oxygens (including phenoxy) is 3. The highest BCUT2D eigenvalue weighted by molar-refractivity contribution is 5.80. The summed E-state index contributed by atoms with van der Waals surface area (Å²) in [4.78, 5) is 11.5. The van der Waals surface area contributed by atoms with Crippen molar-refractivity contribution < 1.29 is 28.5 Å². The number of hydrogen-bond donors (Lipinski definition) is 1. The van der Waals surface area contributed by atoms with Crippen molar-refractivity contribution in [1.29, 1.82) is 0 Å². The van der Waals surface area contributed by atoms with Crippen molar-refractivity contribution >= 4 is 5.97 Å². The molecule has 0 aliphatic carbocycles. The average molecular weight is 388 g/mol. The van der Waals surface area contributed by atoms with Gasteiger partial charge in [0.15, 0.2) is 11.5 Å². The van der Waals surface area contributed by atoms with Crippen LogP contribution in [-0.2, 0) is 23.2 Å². The molecule has 150 valence electrons. The molecule has 0 amide bonds. The number of rotatable bonds is 6. The van der Waals surface area contributed by atoms with Crippen molar-refractivity contribution in [3.8, 4) is 17.2 Å².